The molecule has 36 heavy (non-hydrogen) atoms. The van der Waals surface area contributed by atoms with Crippen molar-refractivity contribution in [2.75, 3.05) is 35.7 Å². The fourth-order valence-electron chi connectivity index (χ4n) is 5.00. The van der Waals surface area contributed by atoms with Crippen LogP contribution in [0.1, 0.15) is 29.3 Å². The van der Waals surface area contributed by atoms with Crippen molar-refractivity contribution in [2.24, 2.45) is 0 Å². The van der Waals surface area contributed by atoms with Gasteiger partial charge in [-0.1, -0.05) is 6.92 Å². The van der Waals surface area contributed by atoms with Crippen molar-refractivity contribution >= 4 is 40.4 Å². The molecule has 4 aliphatic rings. The van der Waals surface area contributed by atoms with Gasteiger partial charge in [-0.2, -0.15) is 13.2 Å². The molecule has 190 valence electrons. The first-order valence-electron chi connectivity index (χ1n) is 12.1. The number of benzene rings is 1. The fraction of sp³-hybridized carbons (Fsp3) is 0.440. The van der Waals surface area contributed by atoms with Crippen LogP contribution in [0.15, 0.2) is 35.4 Å². The summed E-state index contributed by atoms with van der Waals surface area (Å²) in [6, 6.07) is 9.11. The molecule has 3 aromatic rings. The average molecular weight is 534 g/mol. The van der Waals surface area contributed by atoms with Crippen LogP contribution in [-0.2, 0) is 23.9 Å². The van der Waals surface area contributed by atoms with E-state index < -0.39 is 11.7 Å². The number of piperazine rings is 1. The minimum atomic E-state index is -4.56. The van der Waals surface area contributed by atoms with Crippen LogP contribution in [0.2, 0.25) is 0 Å². The number of aryl methyl sites for hydroxylation is 1. The number of aromatic nitrogens is 2. The lowest BCUT2D eigenvalue weighted by molar-refractivity contribution is -0.137. The molecule has 3 fully saturated rings. The maximum atomic E-state index is 13.9. The third-order valence-electron chi connectivity index (χ3n) is 6.82. The number of ether oxygens (including phenoxy) is 1. The number of hydrogen-bond acceptors (Lipinski definition) is 8. The molecule has 0 spiro atoms. The standard InChI is InChI=1S/C25H26F3N5OS2/c1-2-14-7-17(33-11-15-8-16(12-33)30-15)3-4-19(14)31-24-29-10-18(25(26,27)28)23(32-24)21-9-20-22(36-21)13-34-5-6-35-20/h3-4,7,9-10,15-16,30H,2,5-6,8,11-13H2,1H3,(H,29,31,32). The zero-order chi connectivity index (χ0) is 24.9. The van der Waals surface area contributed by atoms with Gasteiger partial charge in [-0.3, -0.25) is 0 Å². The van der Waals surface area contributed by atoms with Crippen LogP contribution in [0, 0.1) is 0 Å². The number of halogens is 3. The van der Waals surface area contributed by atoms with Gasteiger partial charge in [0, 0.05) is 58.3 Å². The van der Waals surface area contributed by atoms with E-state index in [0.29, 0.717) is 30.2 Å². The second-order valence-electron chi connectivity index (χ2n) is 9.27. The van der Waals surface area contributed by atoms with E-state index in [9.17, 15) is 13.2 Å². The van der Waals surface area contributed by atoms with Crippen LogP contribution < -0.4 is 15.5 Å². The predicted octanol–water partition coefficient (Wildman–Crippen LogP) is 5.70. The Balaban J connectivity index is 1.31. The molecule has 0 aliphatic carbocycles. The molecule has 11 heteroatoms. The summed E-state index contributed by atoms with van der Waals surface area (Å²) in [7, 11) is 0. The largest absolute Gasteiger partial charge is 0.420 e. The SMILES string of the molecule is CCc1cc(N2CC3CC(C2)N3)ccc1Nc1ncc(C(F)(F)F)c(-c2cc3c(s2)COCCS3)n1. The van der Waals surface area contributed by atoms with Crippen LogP contribution in [0.5, 0.6) is 0 Å². The molecule has 2 unspecified atom stereocenters. The Kier molecular flexibility index (Phi) is 6.35. The molecule has 2 bridgehead atoms. The normalized spacial score (nSPS) is 21.5. The molecule has 7 rings (SSSR count). The molecular formula is C25H26F3N5OS2. The number of thioether (sulfide) groups is 1. The van der Waals surface area contributed by atoms with Gasteiger partial charge in [-0.05, 0) is 42.7 Å². The summed E-state index contributed by atoms with van der Waals surface area (Å²) in [5, 5.41) is 6.73. The van der Waals surface area contributed by atoms with Crippen LogP contribution in [-0.4, -0.2) is 47.5 Å². The van der Waals surface area contributed by atoms with Crippen molar-refractivity contribution in [3.8, 4) is 10.6 Å². The van der Waals surface area contributed by atoms with Crippen LogP contribution >= 0.6 is 23.1 Å². The topological polar surface area (TPSA) is 62.3 Å². The summed E-state index contributed by atoms with van der Waals surface area (Å²) >= 11 is 2.90. The maximum absolute atomic E-state index is 13.9. The lowest BCUT2D eigenvalue weighted by atomic mass is 9.91. The number of nitrogens with one attached hydrogen (secondary N) is 2. The zero-order valence-electron chi connectivity index (χ0n) is 19.7. The summed E-state index contributed by atoms with van der Waals surface area (Å²) in [6.07, 6.45) is -1.66. The second kappa shape index (κ2) is 9.51. The summed E-state index contributed by atoms with van der Waals surface area (Å²) in [6.45, 7) is 5.09. The van der Waals surface area contributed by atoms with Crippen molar-refractivity contribution in [2.45, 2.75) is 49.5 Å². The van der Waals surface area contributed by atoms with Gasteiger partial charge in [-0.25, -0.2) is 9.97 Å². The van der Waals surface area contributed by atoms with Crippen molar-refractivity contribution in [1.29, 1.82) is 0 Å². The molecule has 6 nitrogen and oxygen atoms in total. The maximum Gasteiger partial charge on any atom is 0.420 e. The number of anilines is 3. The van der Waals surface area contributed by atoms with E-state index in [4.69, 9.17) is 4.74 Å². The molecule has 4 aliphatic heterocycles. The highest BCUT2D eigenvalue weighted by atomic mass is 32.2. The zero-order valence-corrected chi connectivity index (χ0v) is 21.3. The highest BCUT2D eigenvalue weighted by molar-refractivity contribution is 7.99. The summed E-state index contributed by atoms with van der Waals surface area (Å²) < 4.78 is 47.2. The lowest BCUT2D eigenvalue weighted by Gasteiger charge is -2.49. The summed E-state index contributed by atoms with van der Waals surface area (Å²) in [5.74, 6) is 0.924. The third-order valence-corrected chi connectivity index (χ3v) is 9.11. The Labute approximate surface area is 215 Å². The molecular weight excluding hydrogens is 507 g/mol. The van der Waals surface area contributed by atoms with Gasteiger partial charge >= 0.3 is 6.18 Å². The molecule has 1 aromatic carbocycles. The van der Waals surface area contributed by atoms with E-state index in [1.54, 1.807) is 17.8 Å². The molecule has 0 amide bonds. The van der Waals surface area contributed by atoms with Crippen molar-refractivity contribution < 1.29 is 17.9 Å². The first-order chi connectivity index (χ1) is 17.4. The van der Waals surface area contributed by atoms with Gasteiger partial charge in [0.2, 0.25) is 5.95 Å². The third kappa shape index (κ3) is 4.69. The van der Waals surface area contributed by atoms with Gasteiger partial charge in [0.15, 0.2) is 0 Å². The second-order valence-corrected chi connectivity index (χ2v) is 11.5. The van der Waals surface area contributed by atoms with Crippen molar-refractivity contribution in [3.05, 3.63) is 46.5 Å². The molecule has 0 saturated carbocycles. The Bertz CT molecular complexity index is 1240. The Hall–Kier alpha value is -2.34. The van der Waals surface area contributed by atoms with E-state index in [0.717, 1.165) is 52.5 Å². The number of alkyl halides is 3. The van der Waals surface area contributed by atoms with Gasteiger partial charge in [0.1, 0.15) is 5.56 Å². The van der Waals surface area contributed by atoms with Crippen molar-refractivity contribution in [3.63, 3.8) is 0 Å². The number of hydrogen-bond donors (Lipinski definition) is 2. The number of fused-ring (bicyclic) bond motifs is 3. The minimum Gasteiger partial charge on any atom is -0.375 e. The summed E-state index contributed by atoms with van der Waals surface area (Å²) in [4.78, 5) is 13.2. The smallest absolute Gasteiger partial charge is 0.375 e. The van der Waals surface area contributed by atoms with Gasteiger partial charge < -0.3 is 20.3 Å². The quantitative estimate of drug-likeness (QED) is 0.436. The molecule has 2 atom stereocenters. The van der Waals surface area contributed by atoms with Gasteiger partial charge in [0.05, 0.1) is 23.8 Å². The fourth-order valence-corrected chi connectivity index (χ4v) is 7.22. The molecule has 2 N–H and O–H groups in total. The van der Waals surface area contributed by atoms with E-state index in [-0.39, 0.29) is 11.6 Å². The van der Waals surface area contributed by atoms with E-state index in [1.807, 2.05) is 6.07 Å². The first-order valence-corrected chi connectivity index (χ1v) is 13.9. The average Bonchev–Trinajstić information content (AvgIpc) is 3.13. The number of rotatable bonds is 5. The molecule has 0 radical (unpaired) electrons. The van der Waals surface area contributed by atoms with E-state index in [1.165, 1.54) is 23.4 Å². The number of nitrogens with zero attached hydrogens (tertiary/aromatic N) is 3. The minimum absolute atomic E-state index is 0.103. The Morgan fingerprint density at radius 3 is 2.78 bits per heavy atom. The van der Waals surface area contributed by atoms with Crippen LogP contribution in [0.3, 0.4) is 0 Å². The predicted molar refractivity (Wildman–Crippen MR) is 137 cm³/mol. The van der Waals surface area contributed by atoms with Gasteiger partial charge in [0.25, 0.3) is 0 Å². The van der Waals surface area contributed by atoms with E-state index in [2.05, 4.69) is 44.6 Å². The highest BCUT2D eigenvalue weighted by Gasteiger charge is 2.37. The number of thiophene rings is 1. The first kappa shape index (κ1) is 24.0. The number of piperidine rings is 1. The monoisotopic (exact) mass is 533 g/mol. The highest BCUT2D eigenvalue weighted by Crippen LogP contribution is 2.43. The molecule has 6 heterocycles. The molecule has 2 aromatic heterocycles. The van der Waals surface area contributed by atoms with Crippen molar-refractivity contribution in [1.82, 2.24) is 15.3 Å². The van der Waals surface area contributed by atoms with E-state index >= 15 is 0 Å². The Morgan fingerprint density at radius 2 is 2.03 bits per heavy atom. The molecule has 3 saturated heterocycles. The Morgan fingerprint density at radius 1 is 1.22 bits per heavy atom. The lowest BCUT2D eigenvalue weighted by Crippen LogP contribution is -2.67. The van der Waals surface area contributed by atoms with Crippen LogP contribution in [0.25, 0.3) is 10.6 Å². The summed E-state index contributed by atoms with van der Waals surface area (Å²) in [5.41, 5.74) is 2.11. The van der Waals surface area contributed by atoms with Gasteiger partial charge in [-0.15, -0.1) is 23.1 Å². The van der Waals surface area contributed by atoms with Crippen LogP contribution in [0.4, 0.5) is 30.5 Å².